The van der Waals surface area contributed by atoms with Crippen molar-refractivity contribution < 1.29 is 14.3 Å². The second kappa shape index (κ2) is 6.50. The van der Waals surface area contributed by atoms with Gasteiger partial charge in [-0.15, -0.1) is 0 Å². The highest BCUT2D eigenvalue weighted by Crippen LogP contribution is 2.22. The van der Waals surface area contributed by atoms with Crippen molar-refractivity contribution in [2.24, 2.45) is 0 Å². The quantitative estimate of drug-likeness (QED) is 0.784. The number of ether oxygens (including phenoxy) is 2. The third-order valence-corrected chi connectivity index (χ3v) is 4.25. The summed E-state index contributed by atoms with van der Waals surface area (Å²) in [5.41, 5.74) is 2.53. The van der Waals surface area contributed by atoms with E-state index in [0.717, 1.165) is 23.7 Å². The molecule has 1 fully saturated rings. The van der Waals surface area contributed by atoms with Gasteiger partial charge in [-0.05, 0) is 18.2 Å². The Hall–Kier alpha value is -2.58. The highest BCUT2D eigenvalue weighted by atomic mass is 32.1. The highest BCUT2D eigenvalue weighted by Gasteiger charge is 2.18. The van der Waals surface area contributed by atoms with Crippen molar-refractivity contribution in [2.75, 3.05) is 18.5 Å². The molecule has 0 saturated carbocycles. The molecule has 1 aliphatic heterocycles. The number of pyridine rings is 1. The molecule has 7 nitrogen and oxygen atoms in total. The average molecular weight is 342 g/mol. The van der Waals surface area contributed by atoms with Gasteiger partial charge in [0.25, 0.3) is 5.91 Å². The van der Waals surface area contributed by atoms with Crippen LogP contribution >= 0.6 is 11.7 Å². The maximum atomic E-state index is 12.4. The molecule has 0 unspecified atom stereocenters. The molecule has 1 N–H and O–H groups in total. The fourth-order valence-electron chi connectivity index (χ4n) is 2.46. The predicted molar refractivity (Wildman–Crippen MR) is 89.5 cm³/mol. The van der Waals surface area contributed by atoms with E-state index in [1.165, 1.54) is 6.20 Å². The van der Waals surface area contributed by atoms with Crippen LogP contribution in [0, 0.1) is 0 Å². The summed E-state index contributed by atoms with van der Waals surface area (Å²) in [7, 11) is 0. The van der Waals surface area contributed by atoms with Crippen LogP contribution in [0.15, 0.2) is 36.5 Å². The fraction of sp³-hybridized carbons (Fsp3) is 0.250. The maximum absolute atomic E-state index is 12.4. The molecule has 1 saturated heterocycles. The van der Waals surface area contributed by atoms with Crippen molar-refractivity contribution in [2.45, 2.75) is 12.5 Å². The first kappa shape index (κ1) is 15.0. The van der Waals surface area contributed by atoms with Crippen LogP contribution in [0.5, 0.6) is 5.88 Å². The summed E-state index contributed by atoms with van der Waals surface area (Å²) in [5.74, 6) is 0.242. The van der Waals surface area contributed by atoms with Gasteiger partial charge in [-0.3, -0.25) is 4.79 Å². The first-order valence-corrected chi connectivity index (χ1v) is 8.26. The lowest BCUT2D eigenvalue weighted by Gasteiger charge is -2.11. The standard InChI is InChI=1S/C16H14N4O3S/c21-16(18-12-2-1-3-13-15(12)20-24-19-13)10-4-5-14(17-8-10)23-11-6-7-22-9-11/h1-5,8,11H,6-7,9H2,(H,18,21)/t11-/m1/s1. The number of hydrogen-bond acceptors (Lipinski definition) is 7. The zero-order valence-corrected chi connectivity index (χ0v) is 13.5. The van der Waals surface area contributed by atoms with E-state index in [0.29, 0.717) is 35.9 Å². The van der Waals surface area contributed by atoms with Crippen molar-refractivity contribution in [3.05, 3.63) is 42.1 Å². The third-order valence-electron chi connectivity index (χ3n) is 3.71. The Morgan fingerprint density at radius 1 is 1.29 bits per heavy atom. The minimum Gasteiger partial charge on any atom is -0.472 e. The maximum Gasteiger partial charge on any atom is 0.257 e. The number of fused-ring (bicyclic) bond motifs is 1. The molecule has 0 radical (unpaired) electrons. The van der Waals surface area contributed by atoms with Gasteiger partial charge in [0.05, 0.1) is 36.2 Å². The summed E-state index contributed by atoms with van der Waals surface area (Å²) in [4.78, 5) is 16.6. The summed E-state index contributed by atoms with van der Waals surface area (Å²) in [5, 5.41) is 2.84. The van der Waals surface area contributed by atoms with Crippen molar-refractivity contribution in [3.8, 4) is 5.88 Å². The molecule has 0 spiro atoms. The minimum atomic E-state index is -0.251. The van der Waals surface area contributed by atoms with Gasteiger partial charge in [0.15, 0.2) is 0 Å². The van der Waals surface area contributed by atoms with Crippen molar-refractivity contribution in [3.63, 3.8) is 0 Å². The first-order chi connectivity index (χ1) is 11.8. The number of nitrogens with zero attached hydrogens (tertiary/aromatic N) is 3. The van der Waals surface area contributed by atoms with Crippen molar-refractivity contribution in [1.82, 2.24) is 13.7 Å². The van der Waals surface area contributed by atoms with Gasteiger partial charge in [-0.25, -0.2) is 4.98 Å². The number of aromatic nitrogens is 3. The number of anilines is 1. The number of carbonyl (C=O) groups excluding carboxylic acids is 1. The topological polar surface area (TPSA) is 86.2 Å². The molecule has 1 aliphatic rings. The van der Waals surface area contributed by atoms with E-state index >= 15 is 0 Å². The second-order valence-corrected chi connectivity index (χ2v) is 5.91. The Morgan fingerprint density at radius 2 is 2.25 bits per heavy atom. The SMILES string of the molecule is O=C(Nc1cccc2nsnc12)c1ccc(O[C@@H]2CCOC2)nc1. The van der Waals surface area contributed by atoms with Gasteiger partial charge in [-0.1, -0.05) is 6.07 Å². The van der Waals surface area contributed by atoms with Crippen LogP contribution < -0.4 is 10.1 Å². The Labute approximate surface area is 142 Å². The van der Waals surface area contributed by atoms with Gasteiger partial charge in [0.2, 0.25) is 5.88 Å². The van der Waals surface area contributed by atoms with E-state index in [2.05, 4.69) is 19.0 Å². The molecule has 1 atom stereocenters. The van der Waals surface area contributed by atoms with Crippen molar-refractivity contribution in [1.29, 1.82) is 0 Å². The molecular weight excluding hydrogens is 328 g/mol. The van der Waals surface area contributed by atoms with Crippen molar-refractivity contribution >= 4 is 34.4 Å². The van der Waals surface area contributed by atoms with Gasteiger partial charge < -0.3 is 14.8 Å². The Kier molecular flexibility index (Phi) is 4.06. The van der Waals surface area contributed by atoms with Gasteiger partial charge >= 0.3 is 0 Å². The highest BCUT2D eigenvalue weighted by molar-refractivity contribution is 7.00. The zero-order valence-electron chi connectivity index (χ0n) is 12.6. The molecule has 0 bridgehead atoms. The third kappa shape index (κ3) is 3.06. The number of nitrogens with one attached hydrogen (secondary N) is 1. The molecule has 1 amide bonds. The van der Waals surface area contributed by atoms with Crippen LogP contribution in [-0.4, -0.2) is 39.0 Å². The Morgan fingerprint density at radius 3 is 3.04 bits per heavy atom. The molecule has 8 heteroatoms. The number of rotatable bonds is 4. The molecule has 3 aromatic rings. The number of benzene rings is 1. The molecule has 4 rings (SSSR count). The number of carbonyl (C=O) groups is 1. The van der Waals surface area contributed by atoms with Crippen LogP contribution in [0.2, 0.25) is 0 Å². The molecular formula is C16H14N4O3S. The van der Waals surface area contributed by atoms with Crippen LogP contribution in [0.3, 0.4) is 0 Å². The molecule has 3 heterocycles. The van der Waals surface area contributed by atoms with E-state index < -0.39 is 0 Å². The van der Waals surface area contributed by atoms with E-state index in [9.17, 15) is 4.79 Å². The summed E-state index contributed by atoms with van der Waals surface area (Å²) in [6.45, 7) is 1.29. The number of amides is 1. The second-order valence-electron chi connectivity index (χ2n) is 5.38. The number of hydrogen-bond donors (Lipinski definition) is 1. The van der Waals surface area contributed by atoms with Crippen LogP contribution in [-0.2, 0) is 4.74 Å². The first-order valence-electron chi connectivity index (χ1n) is 7.53. The normalized spacial score (nSPS) is 17.1. The summed E-state index contributed by atoms with van der Waals surface area (Å²) < 4.78 is 19.3. The largest absolute Gasteiger partial charge is 0.472 e. The van der Waals surface area contributed by atoms with E-state index in [1.54, 1.807) is 18.2 Å². The fourth-order valence-corrected chi connectivity index (χ4v) is 3.01. The van der Waals surface area contributed by atoms with E-state index in [-0.39, 0.29) is 12.0 Å². The zero-order chi connectivity index (χ0) is 16.4. The minimum absolute atomic E-state index is 0.0342. The lowest BCUT2D eigenvalue weighted by molar-refractivity contribution is 0.102. The smallest absolute Gasteiger partial charge is 0.257 e. The average Bonchev–Trinajstić information content (AvgIpc) is 3.27. The molecule has 24 heavy (non-hydrogen) atoms. The molecule has 1 aromatic carbocycles. The van der Waals surface area contributed by atoms with Crippen LogP contribution in [0.1, 0.15) is 16.8 Å². The van der Waals surface area contributed by atoms with E-state index in [4.69, 9.17) is 9.47 Å². The van der Waals surface area contributed by atoms with Gasteiger partial charge in [0, 0.05) is 18.7 Å². The molecule has 122 valence electrons. The van der Waals surface area contributed by atoms with Gasteiger partial charge in [-0.2, -0.15) is 8.75 Å². The summed E-state index contributed by atoms with van der Waals surface area (Å²) >= 11 is 1.12. The monoisotopic (exact) mass is 342 g/mol. The summed E-state index contributed by atoms with van der Waals surface area (Å²) in [6, 6.07) is 8.87. The predicted octanol–water partition coefficient (Wildman–Crippen LogP) is 2.51. The van der Waals surface area contributed by atoms with Gasteiger partial charge in [0.1, 0.15) is 17.1 Å². The van der Waals surface area contributed by atoms with Crippen LogP contribution in [0.4, 0.5) is 5.69 Å². The lowest BCUT2D eigenvalue weighted by Crippen LogP contribution is -2.17. The lowest BCUT2D eigenvalue weighted by atomic mass is 10.2. The summed E-state index contributed by atoms with van der Waals surface area (Å²) in [6.07, 6.45) is 2.39. The molecule has 2 aromatic heterocycles. The van der Waals surface area contributed by atoms with E-state index in [1.807, 2.05) is 12.1 Å². The Bertz CT molecular complexity index is 859. The molecule has 0 aliphatic carbocycles. The van der Waals surface area contributed by atoms with Crippen LogP contribution in [0.25, 0.3) is 11.0 Å². The Balaban J connectivity index is 1.47.